The molecule has 1 atom stereocenters. The number of sulfone groups is 1. The molecule has 1 N–H and O–H groups in total. The summed E-state index contributed by atoms with van der Waals surface area (Å²) in [6, 6.07) is 8.53. The largest absolute Gasteiger partial charge is 0.314 e. The number of nitrogens with zero attached hydrogens (tertiary/aromatic N) is 2. The Morgan fingerprint density at radius 1 is 1.50 bits per heavy atom. The van der Waals surface area contributed by atoms with Crippen LogP contribution in [0.25, 0.3) is 0 Å². The van der Waals surface area contributed by atoms with E-state index in [1.165, 1.54) is 6.07 Å². The summed E-state index contributed by atoms with van der Waals surface area (Å²) in [5.41, 5.74) is 0.376. The molecule has 0 aliphatic carbocycles. The minimum atomic E-state index is -3.33. The van der Waals surface area contributed by atoms with Crippen molar-refractivity contribution in [3.05, 3.63) is 29.8 Å². The van der Waals surface area contributed by atoms with Crippen molar-refractivity contribution < 1.29 is 8.42 Å². The van der Waals surface area contributed by atoms with Gasteiger partial charge in [0.2, 0.25) is 0 Å². The lowest BCUT2D eigenvalue weighted by Gasteiger charge is -2.33. The average molecular weight is 293 g/mol. The molecule has 5 nitrogen and oxygen atoms in total. The fourth-order valence-electron chi connectivity index (χ4n) is 2.33. The lowest BCUT2D eigenvalue weighted by atomic mass is 10.2. The summed E-state index contributed by atoms with van der Waals surface area (Å²) in [5.74, 6) is 0.0895. The summed E-state index contributed by atoms with van der Waals surface area (Å²) < 4.78 is 24.6. The zero-order valence-electron chi connectivity index (χ0n) is 11.5. The topological polar surface area (TPSA) is 73.2 Å². The Labute approximate surface area is 120 Å². The Kier molecular flexibility index (Phi) is 4.76. The monoisotopic (exact) mass is 293 g/mol. The van der Waals surface area contributed by atoms with Gasteiger partial charge in [-0.05, 0) is 25.1 Å². The molecular formula is C14H19N3O2S. The van der Waals surface area contributed by atoms with Crippen molar-refractivity contribution in [1.29, 1.82) is 5.26 Å². The molecule has 0 amide bonds. The zero-order valence-corrected chi connectivity index (χ0v) is 12.4. The van der Waals surface area contributed by atoms with Crippen molar-refractivity contribution in [3.63, 3.8) is 0 Å². The van der Waals surface area contributed by atoms with E-state index in [4.69, 9.17) is 5.26 Å². The molecule has 1 heterocycles. The van der Waals surface area contributed by atoms with Crippen LogP contribution in [0.3, 0.4) is 0 Å². The number of nitriles is 1. The lowest BCUT2D eigenvalue weighted by Crippen LogP contribution is -2.50. The van der Waals surface area contributed by atoms with Gasteiger partial charge in [-0.15, -0.1) is 0 Å². The number of rotatable bonds is 4. The first kappa shape index (κ1) is 15.0. The van der Waals surface area contributed by atoms with E-state index < -0.39 is 9.84 Å². The van der Waals surface area contributed by atoms with E-state index in [0.29, 0.717) is 18.2 Å². The molecule has 1 aromatic carbocycles. The van der Waals surface area contributed by atoms with Crippen LogP contribution in [0.1, 0.15) is 12.5 Å². The molecule has 0 spiro atoms. The molecule has 108 valence electrons. The van der Waals surface area contributed by atoms with E-state index in [2.05, 4.69) is 17.1 Å². The van der Waals surface area contributed by atoms with Crippen LogP contribution in [0.15, 0.2) is 29.2 Å². The predicted octanol–water partition coefficient (Wildman–Crippen LogP) is 0.626. The highest BCUT2D eigenvalue weighted by Gasteiger charge is 2.21. The van der Waals surface area contributed by atoms with E-state index in [0.717, 1.165) is 19.6 Å². The lowest BCUT2D eigenvalue weighted by molar-refractivity contribution is 0.184. The third-order valence-corrected chi connectivity index (χ3v) is 5.30. The molecule has 0 radical (unpaired) electrons. The Morgan fingerprint density at radius 3 is 3.00 bits per heavy atom. The highest BCUT2D eigenvalue weighted by atomic mass is 32.2. The van der Waals surface area contributed by atoms with Crippen molar-refractivity contribution in [2.24, 2.45) is 0 Å². The van der Waals surface area contributed by atoms with E-state index in [-0.39, 0.29) is 10.6 Å². The molecule has 1 aliphatic rings. The molecule has 0 bridgehead atoms. The first-order valence-electron chi connectivity index (χ1n) is 6.70. The van der Waals surface area contributed by atoms with E-state index in [1.54, 1.807) is 18.2 Å². The molecule has 0 saturated carbocycles. The van der Waals surface area contributed by atoms with Crippen LogP contribution in [0.5, 0.6) is 0 Å². The van der Waals surface area contributed by atoms with Crippen LogP contribution in [-0.2, 0) is 9.84 Å². The van der Waals surface area contributed by atoms with Gasteiger partial charge in [0.25, 0.3) is 0 Å². The summed E-state index contributed by atoms with van der Waals surface area (Å²) in [5, 5.41) is 12.1. The van der Waals surface area contributed by atoms with E-state index >= 15 is 0 Å². The van der Waals surface area contributed by atoms with Crippen LogP contribution < -0.4 is 5.32 Å². The number of piperazine rings is 1. The minimum absolute atomic E-state index is 0.0895. The Bertz CT molecular complexity index is 607. The van der Waals surface area contributed by atoms with Crippen molar-refractivity contribution in [2.45, 2.75) is 17.9 Å². The second-order valence-corrected chi connectivity index (χ2v) is 7.16. The van der Waals surface area contributed by atoms with Crippen LogP contribution in [0.4, 0.5) is 0 Å². The van der Waals surface area contributed by atoms with Crippen molar-refractivity contribution in [2.75, 3.05) is 31.9 Å². The van der Waals surface area contributed by atoms with Crippen molar-refractivity contribution in [1.82, 2.24) is 10.2 Å². The summed E-state index contributed by atoms with van der Waals surface area (Å²) in [4.78, 5) is 2.42. The quantitative estimate of drug-likeness (QED) is 0.881. The first-order chi connectivity index (χ1) is 9.53. The van der Waals surface area contributed by atoms with Gasteiger partial charge in [-0.2, -0.15) is 5.26 Å². The maximum Gasteiger partial charge on any atom is 0.179 e. The van der Waals surface area contributed by atoms with Gasteiger partial charge in [-0.25, -0.2) is 8.42 Å². The molecule has 1 unspecified atom stereocenters. The van der Waals surface area contributed by atoms with E-state index in [9.17, 15) is 8.42 Å². The van der Waals surface area contributed by atoms with Gasteiger partial charge >= 0.3 is 0 Å². The van der Waals surface area contributed by atoms with Crippen molar-refractivity contribution in [3.8, 4) is 6.07 Å². The smallest absolute Gasteiger partial charge is 0.179 e. The molecule has 1 fully saturated rings. The van der Waals surface area contributed by atoms with E-state index in [1.807, 2.05) is 6.07 Å². The molecule has 1 saturated heterocycles. The number of benzene rings is 1. The van der Waals surface area contributed by atoms with Gasteiger partial charge < -0.3 is 5.32 Å². The van der Waals surface area contributed by atoms with Crippen LogP contribution in [0, 0.1) is 11.3 Å². The third kappa shape index (κ3) is 3.57. The summed E-state index contributed by atoms with van der Waals surface area (Å²) in [7, 11) is -3.33. The molecular weight excluding hydrogens is 274 g/mol. The summed E-state index contributed by atoms with van der Waals surface area (Å²) in [6.07, 6.45) is 0. The average Bonchev–Trinajstić information content (AvgIpc) is 2.46. The molecule has 0 aromatic heterocycles. The maximum atomic E-state index is 12.3. The fraction of sp³-hybridized carbons (Fsp3) is 0.500. The fourth-order valence-corrected chi connectivity index (χ4v) is 3.63. The number of nitrogens with one attached hydrogen (secondary N) is 1. The van der Waals surface area contributed by atoms with Crippen LogP contribution in [-0.4, -0.2) is 51.3 Å². The van der Waals surface area contributed by atoms with Gasteiger partial charge in [-0.1, -0.05) is 6.07 Å². The molecule has 6 heteroatoms. The Balaban J connectivity index is 2.05. The van der Waals surface area contributed by atoms with Gasteiger partial charge in [0.1, 0.15) is 0 Å². The Morgan fingerprint density at radius 2 is 2.30 bits per heavy atom. The number of hydrogen-bond acceptors (Lipinski definition) is 5. The first-order valence-corrected chi connectivity index (χ1v) is 8.36. The summed E-state index contributed by atoms with van der Waals surface area (Å²) >= 11 is 0. The second kappa shape index (κ2) is 6.35. The third-order valence-electron chi connectivity index (χ3n) is 3.61. The van der Waals surface area contributed by atoms with Gasteiger partial charge in [0.05, 0.1) is 22.3 Å². The maximum absolute atomic E-state index is 12.3. The number of hydrogen-bond donors (Lipinski definition) is 1. The van der Waals surface area contributed by atoms with Crippen molar-refractivity contribution >= 4 is 9.84 Å². The molecule has 20 heavy (non-hydrogen) atoms. The molecule has 1 aliphatic heterocycles. The van der Waals surface area contributed by atoms with Gasteiger partial charge in [0, 0.05) is 32.2 Å². The Hall–Kier alpha value is -1.42. The highest BCUT2D eigenvalue weighted by Crippen LogP contribution is 2.14. The zero-order chi connectivity index (χ0) is 14.6. The van der Waals surface area contributed by atoms with Crippen LogP contribution in [0.2, 0.25) is 0 Å². The SMILES string of the molecule is CC1CNCCN1CCS(=O)(=O)c1cccc(C#N)c1. The standard InChI is InChI=1S/C14H19N3O2S/c1-12-11-16-5-6-17(12)7-8-20(18,19)14-4-2-3-13(9-14)10-15/h2-4,9,12,16H,5-8,11H2,1H3. The molecule has 1 aromatic rings. The predicted molar refractivity (Wildman–Crippen MR) is 77.1 cm³/mol. The normalized spacial score (nSPS) is 20.5. The minimum Gasteiger partial charge on any atom is -0.314 e. The van der Waals surface area contributed by atoms with Crippen LogP contribution >= 0.6 is 0 Å². The summed E-state index contributed by atoms with van der Waals surface area (Å²) in [6.45, 7) is 5.28. The van der Waals surface area contributed by atoms with Gasteiger partial charge in [-0.3, -0.25) is 4.90 Å². The van der Waals surface area contributed by atoms with Gasteiger partial charge in [0.15, 0.2) is 9.84 Å². The molecule has 2 rings (SSSR count). The second-order valence-electron chi connectivity index (χ2n) is 5.05. The highest BCUT2D eigenvalue weighted by molar-refractivity contribution is 7.91.